The van der Waals surface area contributed by atoms with Crippen LogP contribution in [0.15, 0.2) is 24.3 Å². The SMILES string of the molecule is CC(=O)c1ccc(OCCC(=O)OCC(=O)c2[nH]c(C)c(C(C)=O)c2C)cc1. The molecule has 0 spiro atoms. The summed E-state index contributed by atoms with van der Waals surface area (Å²) < 4.78 is 10.4. The average Bonchev–Trinajstić information content (AvgIpc) is 2.94. The van der Waals surface area contributed by atoms with Crippen LogP contribution in [0.3, 0.4) is 0 Å². The van der Waals surface area contributed by atoms with E-state index in [0.29, 0.717) is 28.1 Å². The maximum atomic E-state index is 12.3. The number of carbonyl (C=O) groups is 4. The molecular formula is C21H23NO6. The van der Waals surface area contributed by atoms with E-state index in [1.807, 2.05) is 0 Å². The second-order valence-electron chi connectivity index (χ2n) is 6.44. The fraction of sp³-hybridized carbons (Fsp3) is 0.333. The molecule has 7 nitrogen and oxygen atoms in total. The molecule has 7 heteroatoms. The molecule has 2 aromatic rings. The van der Waals surface area contributed by atoms with Gasteiger partial charge in [-0.15, -0.1) is 0 Å². The first kappa shape index (κ1) is 21.1. The zero-order valence-corrected chi connectivity index (χ0v) is 16.4. The van der Waals surface area contributed by atoms with Crippen LogP contribution in [-0.4, -0.2) is 41.5 Å². The number of aryl methyl sites for hydroxylation is 1. The Labute approximate surface area is 163 Å². The Morgan fingerprint density at radius 3 is 2.14 bits per heavy atom. The summed E-state index contributed by atoms with van der Waals surface area (Å²) in [6.45, 7) is 5.98. The van der Waals surface area contributed by atoms with Crippen LogP contribution in [-0.2, 0) is 9.53 Å². The smallest absolute Gasteiger partial charge is 0.309 e. The molecule has 0 radical (unpaired) electrons. The molecule has 1 N–H and O–H groups in total. The largest absolute Gasteiger partial charge is 0.493 e. The molecule has 0 aliphatic carbocycles. The van der Waals surface area contributed by atoms with Gasteiger partial charge in [-0.25, -0.2) is 0 Å². The Bertz CT molecular complexity index is 908. The van der Waals surface area contributed by atoms with E-state index in [1.165, 1.54) is 13.8 Å². The van der Waals surface area contributed by atoms with Crippen LogP contribution in [0, 0.1) is 13.8 Å². The Morgan fingerprint density at radius 1 is 0.964 bits per heavy atom. The molecule has 0 fully saturated rings. The zero-order chi connectivity index (χ0) is 20.8. The molecule has 1 heterocycles. The highest BCUT2D eigenvalue weighted by molar-refractivity contribution is 6.04. The van der Waals surface area contributed by atoms with E-state index in [1.54, 1.807) is 38.1 Å². The number of aromatic amines is 1. The van der Waals surface area contributed by atoms with Crippen molar-refractivity contribution in [2.24, 2.45) is 0 Å². The minimum Gasteiger partial charge on any atom is -0.493 e. The molecule has 28 heavy (non-hydrogen) atoms. The highest BCUT2D eigenvalue weighted by atomic mass is 16.5. The quantitative estimate of drug-likeness (QED) is 0.525. The summed E-state index contributed by atoms with van der Waals surface area (Å²) in [5, 5.41) is 0. The third-order valence-corrected chi connectivity index (χ3v) is 4.27. The second-order valence-corrected chi connectivity index (χ2v) is 6.44. The van der Waals surface area contributed by atoms with Gasteiger partial charge in [-0.3, -0.25) is 19.2 Å². The fourth-order valence-corrected chi connectivity index (χ4v) is 2.89. The minimum atomic E-state index is -0.568. The van der Waals surface area contributed by atoms with Gasteiger partial charge in [0.25, 0.3) is 0 Å². The van der Waals surface area contributed by atoms with E-state index < -0.39 is 18.4 Å². The standard InChI is InChI=1S/C21H23NO6/c1-12-20(15(4)24)13(2)22-21(12)18(25)11-28-19(26)9-10-27-17-7-5-16(6-8-17)14(3)23/h5-8,22H,9-11H2,1-4H3. The number of aromatic nitrogens is 1. The van der Waals surface area contributed by atoms with Gasteiger partial charge in [-0.1, -0.05) is 0 Å². The summed E-state index contributed by atoms with van der Waals surface area (Å²) in [7, 11) is 0. The average molecular weight is 385 g/mol. The van der Waals surface area contributed by atoms with Gasteiger partial charge in [0.2, 0.25) is 5.78 Å². The van der Waals surface area contributed by atoms with Crippen LogP contribution in [0.25, 0.3) is 0 Å². The minimum absolute atomic E-state index is 0.0246. The van der Waals surface area contributed by atoms with E-state index >= 15 is 0 Å². The molecule has 0 atom stereocenters. The predicted octanol–water partition coefficient (Wildman–Crippen LogP) is 3.23. The third-order valence-electron chi connectivity index (χ3n) is 4.27. The van der Waals surface area contributed by atoms with Crippen LogP contribution < -0.4 is 4.74 Å². The third kappa shape index (κ3) is 5.16. The zero-order valence-electron chi connectivity index (χ0n) is 16.4. The van der Waals surface area contributed by atoms with Gasteiger partial charge in [0, 0.05) is 16.8 Å². The van der Waals surface area contributed by atoms with Crippen molar-refractivity contribution in [2.75, 3.05) is 13.2 Å². The van der Waals surface area contributed by atoms with Crippen molar-refractivity contribution in [3.05, 3.63) is 52.3 Å². The molecule has 0 aliphatic heterocycles. The summed E-state index contributed by atoms with van der Waals surface area (Å²) in [6, 6.07) is 6.58. The summed E-state index contributed by atoms with van der Waals surface area (Å²) in [6.07, 6.45) is -0.0246. The number of hydrogen-bond acceptors (Lipinski definition) is 6. The van der Waals surface area contributed by atoms with Crippen molar-refractivity contribution in [3.8, 4) is 5.75 Å². The van der Waals surface area contributed by atoms with Crippen LogP contribution in [0.4, 0.5) is 0 Å². The lowest BCUT2D eigenvalue weighted by molar-refractivity contribution is -0.143. The number of nitrogens with one attached hydrogen (secondary N) is 1. The Balaban J connectivity index is 1.81. The van der Waals surface area contributed by atoms with E-state index in [9.17, 15) is 19.2 Å². The first-order valence-electron chi connectivity index (χ1n) is 8.83. The summed E-state index contributed by atoms with van der Waals surface area (Å²) in [5.74, 6) is -0.606. The number of ether oxygens (including phenoxy) is 2. The Morgan fingerprint density at radius 2 is 1.61 bits per heavy atom. The van der Waals surface area contributed by atoms with Gasteiger partial charge in [-0.2, -0.15) is 0 Å². The van der Waals surface area contributed by atoms with Gasteiger partial charge in [0.15, 0.2) is 18.2 Å². The molecule has 0 unspecified atom stereocenters. The van der Waals surface area contributed by atoms with Crippen molar-refractivity contribution >= 4 is 23.3 Å². The molecular weight excluding hydrogens is 362 g/mol. The number of carbonyl (C=O) groups excluding carboxylic acids is 4. The number of H-pyrrole nitrogens is 1. The van der Waals surface area contributed by atoms with Crippen LogP contribution in [0.5, 0.6) is 5.75 Å². The van der Waals surface area contributed by atoms with Crippen LogP contribution in [0.2, 0.25) is 0 Å². The molecule has 148 valence electrons. The molecule has 0 saturated heterocycles. The fourth-order valence-electron chi connectivity index (χ4n) is 2.89. The van der Waals surface area contributed by atoms with Gasteiger partial charge in [0.1, 0.15) is 5.75 Å². The normalized spacial score (nSPS) is 10.4. The molecule has 0 saturated carbocycles. The molecule has 0 bridgehead atoms. The first-order valence-corrected chi connectivity index (χ1v) is 8.83. The topological polar surface area (TPSA) is 103 Å². The highest BCUT2D eigenvalue weighted by Crippen LogP contribution is 2.19. The number of hydrogen-bond donors (Lipinski definition) is 1. The Kier molecular flexibility index (Phi) is 6.87. The van der Waals surface area contributed by atoms with Crippen molar-refractivity contribution < 1.29 is 28.7 Å². The summed E-state index contributed by atoms with van der Waals surface area (Å²) in [4.78, 5) is 49.8. The number of ketones is 3. The monoisotopic (exact) mass is 385 g/mol. The summed E-state index contributed by atoms with van der Waals surface area (Å²) >= 11 is 0. The van der Waals surface area contributed by atoms with Crippen LogP contribution in [0.1, 0.15) is 62.7 Å². The number of benzene rings is 1. The van der Waals surface area contributed by atoms with Crippen LogP contribution >= 0.6 is 0 Å². The molecule has 0 amide bonds. The lowest BCUT2D eigenvalue weighted by Gasteiger charge is -2.07. The lowest BCUT2D eigenvalue weighted by Crippen LogP contribution is -2.17. The number of esters is 1. The van der Waals surface area contributed by atoms with Crippen molar-refractivity contribution in [1.82, 2.24) is 4.98 Å². The van der Waals surface area contributed by atoms with Crippen molar-refractivity contribution in [3.63, 3.8) is 0 Å². The van der Waals surface area contributed by atoms with Gasteiger partial charge in [-0.05, 0) is 57.5 Å². The van der Waals surface area contributed by atoms with Crippen molar-refractivity contribution in [1.29, 1.82) is 0 Å². The van der Waals surface area contributed by atoms with Crippen molar-refractivity contribution in [2.45, 2.75) is 34.1 Å². The predicted molar refractivity (Wildman–Crippen MR) is 102 cm³/mol. The second kappa shape index (κ2) is 9.12. The number of rotatable bonds is 9. The molecule has 2 rings (SSSR count). The lowest BCUT2D eigenvalue weighted by atomic mass is 10.1. The Hall–Kier alpha value is -3.22. The summed E-state index contributed by atoms with van der Waals surface area (Å²) in [5.41, 5.74) is 2.51. The number of Topliss-reactive ketones (excluding diaryl/α,β-unsaturated/α-hetero) is 3. The molecule has 1 aromatic heterocycles. The maximum Gasteiger partial charge on any atom is 0.309 e. The maximum absolute atomic E-state index is 12.3. The van der Waals surface area contributed by atoms with Gasteiger partial charge in [0.05, 0.1) is 18.7 Å². The van der Waals surface area contributed by atoms with E-state index in [-0.39, 0.29) is 30.3 Å². The van der Waals surface area contributed by atoms with Gasteiger partial charge >= 0.3 is 5.97 Å². The first-order chi connectivity index (χ1) is 13.2. The van der Waals surface area contributed by atoms with E-state index in [0.717, 1.165) is 0 Å². The molecule has 0 aliphatic rings. The van der Waals surface area contributed by atoms with Gasteiger partial charge < -0.3 is 14.5 Å². The van der Waals surface area contributed by atoms with E-state index in [2.05, 4.69) is 4.98 Å². The molecule has 1 aromatic carbocycles. The highest BCUT2D eigenvalue weighted by Gasteiger charge is 2.20. The van der Waals surface area contributed by atoms with E-state index in [4.69, 9.17) is 9.47 Å².